The maximum Gasteiger partial charge on any atom is 0.408 e. The number of aldehydes is 1. The Labute approximate surface area is 125 Å². The summed E-state index contributed by atoms with van der Waals surface area (Å²) in [6.07, 6.45) is 1.61. The summed E-state index contributed by atoms with van der Waals surface area (Å²) in [5.41, 5.74) is -0.620. The number of ether oxygens (including phenoxy) is 1. The quantitative estimate of drug-likeness (QED) is 0.840. The van der Waals surface area contributed by atoms with E-state index in [1.165, 1.54) is 0 Å². The molecular weight excluding hydrogens is 270 g/mol. The SMILES string of the molecule is CC(C)(C)OC(=O)NC(C)(C=O)c1cn[nH]c1C(C)(C)C. The molecule has 2 N–H and O–H groups in total. The first-order valence-corrected chi connectivity index (χ1v) is 6.91. The van der Waals surface area contributed by atoms with E-state index in [4.69, 9.17) is 4.74 Å². The van der Waals surface area contributed by atoms with Gasteiger partial charge in [-0.05, 0) is 27.7 Å². The molecule has 6 heteroatoms. The largest absolute Gasteiger partial charge is 0.444 e. The first-order chi connectivity index (χ1) is 9.39. The fraction of sp³-hybridized carbons (Fsp3) is 0.667. The average molecular weight is 295 g/mol. The molecule has 1 rings (SSSR count). The van der Waals surface area contributed by atoms with Crippen molar-refractivity contribution in [3.8, 4) is 0 Å². The van der Waals surface area contributed by atoms with Crippen molar-refractivity contribution < 1.29 is 14.3 Å². The Kier molecular flexibility index (Phi) is 4.51. The molecule has 21 heavy (non-hydrogen) atoms. The predicted octanol–water partition coefficient (Wildman–Crippen LogP) is 2.65. The van der Waals surface area contributed by atoms with Gasteiger partial charge in [0.2, 0.25) is 0 Å². The van der Waals surface area contributed by atoms with Crippen molar-refractivity contribution in [1.29, 1.82) is 0 Å². The van der Waals surface area contributed by atoms with E-state index in [1.807, 2.05) is 20.8 Å². The van der Waals surface area contributed by atoms with Crippen LogP contribution in [0, 0.1) is 0 Å². The Morgan fingerprint density at radius 1 is 1.24 bits per heavy atom. The molecule has 0 aliphatic heterocycles. The molecule has 1 aromatic rings. The van der Waals surface area contributed by atoms with E-state index >= 15 is 0 Å². The van der Waals surface area contributed by atoms with Crippen LogP contribution in [0.2, 0.25) is 0 Å². The van der Waals surface area contributed by atoms with E-state index in [-0.39, 0.29) is 5.41 Å². The van der Waals surface area contributed by atoms with Gasteiger partial charge in [0.15, 0.2) is 0 Å². The van der Waals surface area contributed by atoms with E-state index in [1.54, 1.807) is 33.9 Å². The van der Waals surface area contributed by atoms with E-state index in [0.717, 1.165) is 5.69 Å². The molecule has 0 aliphatic carbocycles. The van der Waals surface area contributed by atoms with Gasteiger partial charge in [-0.1, -0.05) is 20.8 Å². The first-order valence-electron chi connectivity index (χ1n) is 6.91. The number of aromatic amines is 1. The summed E-state index contributed by atoms with van der Waals surface area (Å²) in [5, 5.41) is 9.54. The standard InChI is InChI=1S/C15H25N3O3/c1-13(2,3)11-10(8-16-18-11)15(7,9-19)17-12(20)21-14(4,5)6/h8-9H,1-7H3,(H,16,18)(H,17,20). The maximum absolute atomic E-state index is 12.0. The number of hydrogen-bond donors (Lipinski definition) is 2. The second-order valence-corrected chi connectivity index (χ2v) is 7.36. The Hall–Kier alpha value is -1.85. The third-order valence-electron chi connectivity index (χ3n) is 2.95. The van der Waals surface area contributed by atoms with Crippen LogP contribution in [0.25, 0.3) is 0 Å². The van der Waals surface area contributed by atoms with Crippen LogP contribution >= 0.6 is 0 Å². The van der Waals surface area contributed by atoms with Crippen molar-refractivity contribution in [1.82, 2.24) is 15.5 Å². The number of hydrogen-bond acceptors (Lipinski definition) is 4. The van der Waals surface area contributed by atoms with Crippen LogP contribution in [0.5, 0.6) is 0 Å². The summed E-state index contributed by atoms with van der Waals surface area (Å²) in [4.78, 5) is 23.6. The lowest BCUT2D eigenvalue weighted by Crippen LogP contribution is -2.47. The van der Waals surface area contributed by atoms with Crippen molar-refractivity contribution in [3.05, 3.63) is 17.5 Å². The van der Waals surface area contributed by atoms with Crippen LogP contribution in [0.1, 0.15) is 59.7 Å². The van der Waals surface area contributed by atoms with Gasteiger partial charge in [-0.2, -0.15) is 5.10 Å². The summed E-state index contributed by atoms with van der Waals surface area (Å²) in [6, 6.07) is 0. The number of H-pyrrole nitrogens is 1. The molecule has 0 spiro atoms. The molecular formula is C15H25N3O3. The molecule has 6 nitrogen and oxygen atoms in total. The highest BCUT2D eigenvalue weighted by molar-refractivity contribution is 5.78. The number of carbonyl (C=O) groups is 2. The minimum Gasteiger partial charge on any atom is -0.444 e. The zero-order chi connectivity index (χ0) is 16.5. The van der Waals surface area contributed by atoms with Crippen LogP contribution in [0.15, 0.2) is 6.20 Å². The van der Waals surface area contributed by atoms with Crippen LogP contribution in [-0.2, 0) is 20.5 Å². The lowest BCUT2D eigenvalue weighted by atomic mass is 9.83. The molecule has 0 radical (unpaired) electrons. The number of aromatic nitrogens is 2. The van der Waals surface area contributed by atoms with Crippen molar-refractivity contribution in [3.63, 3.8) is 0 Å². The van der Waals surface area contributed by atoms with Gasteiger partial charge in [0.05, 0.1) is 6.20 Å². The summed E-state index contributed by atoms with van der Waals surface area (Å²) in [7, 11) is 0. The predicted molar refractivity (Wildman–Crippen MR) is 80.1 cm³/mol. The lowest BCUT2D eigenvalue weighted by Gasteiger charge is -2.30. The second kappa shape index (κ2) is 5.50. The van der Waals surface area contributed by atoms with Crippen LogP contribution < -0.4 is 5.32 Å². The number of nitrogens with zero attached hydrogens (tertiary/aromatic N) is 1. The van der Waals surface area contributed by atoms with E-state index < -0.39 is 17.2 Å². The molecule has 1 amide bonds. The molecule has 1 unspecified atom stereocenters. The van der Waals surface area contributed by atoms with Crippen LogP contribution in [0.3, 0.4) is 0 Å². The molecule has 1 atom stereocenters. The minimum absolute atomic E-state index is 0.230. The smallest absolute Gasteiger partial charge is 0.408 e. The van der Waals surface area contributed by atoms with Gasteiger partial charge in [-0.25, -0.2) is 4.79 Å². The topological polar surface area (TPSA) is 84.1 Å². The number of rotatable bonds is 3. The molecule has 118 valence electrons. The Morgan fingerprint density at radius 3 is 2.24 bits per heavy atom. The monoisotopic (exact) mass is 295 g/mol. The number of nitrogens with one attached hydrogen (secondary N) is 2. The van der Waals surface area contributed by atoms with Crippen LogP contribution in [0.4, 0.5) is 4.79 Å². The second-order valence-electron chi connectivity index (χ2n) is 7.36. The Bertz CT molecular complexity index is 523. The normalized spacial score (nSPS) is 15.2. The van der Waals surface area contributed by atoms with Gasteiger partial charge in [0.25, 0.3) is 0 Å². The van der Waals surface area contributed by atoms with E-state index in [9.17, 15) is 9.59 Å². The highest BCUT2D eigenvalue weighted by Crippen LogP contribution is 2.30. The zero-order valence-electron chi connectivity index (χ0n) is 13.8. The van der Waals surface area contributed by atoms with Crippen molar-refractivity contribution >= 4 is 12.4 Å². The summed E-state index contributed by atoms with van der Waals surface area (Å²) in [5.74, 6) is 0. The highest BCUT2D eigenvalue weighted by atomic mass is 16.6. The van der Waals surface area contributed by atoms with Crippen molar-refractivity contribution in [2.45, 2.75) is 65.0 Å². The van der Waals surface area contributed by atoms with Gasteiger partial charge < -0.3 is 14.8 Å². The first kappa shape index (κ1) is 17.2. The van der Waals surface area contributed by atoms with Gasteiger partial charge >= 0.3 is 6.09 Å². The Morgan fingerprint density at radius 2 is 1.81 bits per heavy atom. The van der Waals surface area contributed by atoms with Crippen molar-refractivity contribution in [2.24, 2.45) is 0 Å². The van der Waals surface area contributed by atoms with Crippen molar-refractivity contribution in [2.75, 3.05) is 0 Å². The molecule has 0 saturated carbocycles. The number of amides is 1. The summed E-state index contributed by atoms with van der Waals surface area (Å²) < 4.78 is 5.22. The molecule has 0 bridgehead atoms. The highest BCUT2D eigenvalue weighted by Gasteiger charge is 2.36. The molecule has 1 heterocycles. The molecule has 0 aliphatic rings. The number of alkyl carbamates (subject to hydrolysis) is 1. The summed E-state index contributed by atoms with van der Waals surface area (Å²) in [6.45, 7) is 12.9. The van der Waals surface area contributed by atoms with Gasteiger partial charge in [0, 0.05) is 16.7 Å². The van der Waals surface area contributed by atoms with E-state index in [0.29, 0.717) is 11.8 Å². The molecule has 0 fully saturated rings. The molecule has 0 saturated heterocycles. The van der Waals surface area contributed by atoms with Gasteiger partial charge in [-0.3, -0.25) is 5.10 Å². The number of carbonyl (C=O) groups excluding carboxylic acids is 2. The fourth-order valence-corrected chi connectivity index (χ4v) is 1.93. The lowest BCUT2D eigenvalue weighted by molar-refractivity contribution is -0.113. The summed E-state index contributed by atoms with van der Waals surface area (Å²) >= 11 is 0. The van der Waals surface area contributed by atoms with Crippen LogP contribution in [-0.4, -0.2) is 28.2 Å². The molecule has 0 aromatic carbocycles. The maximum atomic E-state index is 12.0. The van der Waals surface area contributed by atoms with Gasteiger partial charge in [-0.15, -0.1) is 0 Å². The molecule has 1 aromatic heterocycles. The third kappa shape index (κ3) is 4.31. The average Bonchev–Trinajstić information content (AvgIpc) is 2.74. The minimum atomic E-state index is -1.20. The third-order valence-corrected chi connectivity index (χ3v) is 2.95. The fourth-order valence-electron chi connectivity index (χ4n) is 1.93. The van der Waals surface area contributed by atoms with Gasteiger partial charge in [0.1, 0.15) is 17.4 Å². The Balaban J connectivity index is 3.09. The van der Waals surface area contributed by atoms with E-state index in [2.05, 4.69) is 15.5 Å². The zero-order valence-corrected chi connectivity index (χ0v) is 13.8.